The molecule has 1 unspecified atom stereocenters. The van der Waals surface area contributed by atoms with Crippen LogP contribution in [0.25, 0.3) is 5.69 Å². The summed E-state index contributed by atoms with van der Waals surface area (Å²) in [6, 6.07) is 9.76. The lowest BCUT2D eigenvalue weighted by Crippen LogP contribution is -2.28. The van der Waals surface area contributed by atoms with Gasteiger partial charge in [0.05, 0.1) is 17.4 Å². The molecule has 1 atom stereocenters. The van der Waals surface area contributed by atoms with Crippen LogP contribution in [0.3, 0.4) is 0 Å². The molecule has 1 aromatic heterocycles. The Morgan fingerprint density at radius 1 is 1.42 bits per heavy atom. The maximum atomic E-state index is 11.9. The third-order valence-electron chi connectivity index (χ3n) is 2.75. The van der Waals surface area contributed by atoms with Crippen LogP contribution < -0.4 is 11.1 Å². The second kappa shape index (κ2) is 6.15. The molecule has 100 valence electrons. The first kappa shape index (κ1) is 13.3. The van der Waals surface area contributed by atoms with Gasteiger partial charge in [-0.05, 0) is 25.5 Å². The first-order valence-corrected chi connectivity index (χ1v) is 6.30. The minimum absolute atomic E-state index is 0.0901. The largest absolute Gasteiger partial charge is 0.352 e. The third kappa shape index (κ3) is 3.66. The summed E-state index contributed by atoms with van der Waals surface area (Å²) >= 11 is 0. The van der Waals surface area contributed by atoms with Crippen molar-refractivity contribution in [2.45, 2.75) is 19.4 Å². The number of para-hydroxylation sites is 1. The summed E-state index contributed by atoms with van der Waals surface area (Å²) in [7, 11) is 0. The predicted molar refractivity (Wildman–Crippen MR) is 74.2 cm³/mol. The number of nitrogens with one attached hydrogen (secondary N) is 1. The lowest BCUT2D eigenvalue weighted by atomic mass is 10.2. The van der Waals surface area contributed by atoms with Crippen LogP contribution in [0.15, 0.2) is 42.7 Å². The molecule has 0 aliphatic carbocycles. The number of carbonyl (C=O) groups excluding carboxylic acids is 1. The third-order valence-corrected chi connectivity index (χ3v) is 2.75. The van der Waals surface area contributed by atoms with Crippen molar-refractivity contribution in [1.29, 1.82) is 0 Å². The quantitative estimate of drug-likeness (QED) is 0.850. The monoisotopic (exact) mass is 258 g/mol. The Balaban J connectivity index is 1.99. The van der Waals surface area contributed by atoms with Crippen molar-refractivity contribution in [3.05, 3.63) is 48.3 Å². The summed E-state index contributed by atoms with van der Waals surface area (Å²) in [5.41, 5.74) is 7.11. The van der Waals surface area contributed by atoms with E-state index in [1.165, 1.54) is 0 Å². The standard InChI is InChI=1S/C14H18N4O/c1-11(15)7-8-16-14(19)12-9-17-18(10-12)13-5-3-2-4-6-13/h2-6,9-11H,7-8,15H2,1H3,(H,16,19). The first-order chi connectivity index (χ1) is 9.16. The van der Waals surface area contributed by atoms with E-state index in [1.807, 2.05) is 37.3 Å². The molecule has 0 radical (unpaired) electrons. The van der Waals surface area contributed by atoms with Gasteiger partial charge in [0.1, 0.15) is 0 Å². The van der Waals surface area contributed by atoms with Gasteiger partial charge in [-0.2, -0.15) is 5.10 Å². The number of carbonyl (C=O) groups is 1. The van der Waals surface area contributed by atoms with Crippen molar-refractivity contribution >= 4 is 5.91 Å². The van der Waals surface area contributed by atoms with Crippen LogP contribution >= 0.6 is 0 Å². The predicted octanol–water partition coefficient (Wildman–Crippen LogP) is 1.34. The van der Waals surface area contributed by atoms with Crippen molar-refractivity contribution < 1.29 is 4.79 Å². The van der Waals surface area contributed by atoms with Gasteiger partial charge in [0.25, 0.3) is 5.91 Å². The molecular formula is C14H18N4O. The molecule has 0 fully saturated rings. The average Bonchev–Trinajstić information content (AvgIpc) is 2.89. The van der Waals surface area contributed by atoms with Crippen LogP contribution in [0, 0.1) is 0 Å². The highest BCUT2D eigenvalue weighted by Crippen LogP contribution is 2.07. The van der Waals surface area contributed by atoms with Gasteiger partial charge in [-0.1, -0.05) is 18.2 Å². The molecule has 0 bridgehead atoms. The van der Waals surface area contributed by atoms with Crippen molar-refractivity contribution in [1.82, 2.24) is 15.1 Å². The molecule has 3 N–H and O–H groups in total. The summed E-state index contributed by atoms with van der Waals surface area (Å²) < 4.78 is 1.68. The maximum Gasteiger partial charge on any atom is 0.254 e. The molecule has 0 saturated heterocycles. The van der Waals surface area contributed by atoms with E-state index < -0.39 is 0 Å². The fourth-order valence-electron chi connectivity index (χ4n) is 1.68. The molecule has 0 spiro atoms. The number of nitrogens with two attached hydrogens (primary N) is 1. The number of nitrogens with zero attached hydrogens (tertiary/aromatic N) is 2. The molecule has 19 heavy (non-hydrogen) atoms. The Bertz CT molecular complexity index is 533. The van der Waals surface area contributed by atoms with Crippen LogP contribution in [0.4, 0.5) is 0 Å². The molecule has 2 aromatic rings. The van der Waals surface area contributed by atoms with E-state index in [0.29, 0.717) is 12.1 Å². The van der Waals surface area contributed by atoms with Crippen LogP contribution in [0.2, 0.25) is 0 Å². The number of amides is 1. The molecule has 1 amide bonds. The number of hydrogen-bond donors (Lipinski definition) is 2. The highest BCUT2D eigenvalue weighted by atomic mass is 16.1. The van der Waals surface area contributed by atoms with E-state index in [1.54, 1.807) is 17.1 Å². The highest BCUT2D eigenvalue weighted by Gasteiger charge is 2.08. The molecule has 0 saturated carbocycles. The summed E-state index contributed by atoms with van der Waals surface area (Å²) in [5, 5.41) is 7.00. The summed E-state index contributed by atoms with van der Waals surface area (Å²) in [5.74, 6) is -0.122. The normalized spacial score (nSPS) is 12.1. The van der Waals surface area contributed by atoms with Crippen molar-refractivity contribution in [2.75, 3.05) is 6.54 Å². The number of benzene rings is 1. The van der Waals surface area contributed by atoms with Gasteiger partial charge in [0, 0.05) is 18.8 Å². The Labute approximate surface area is 112 Å². The fourth-order valence-corrected chi connectivity index (χ4v) is 1.68. The van der Waals surface area contributed by atoms with Crippen molar-refractivity contribution in [2.24, 2.45) is 5.73 Å². The molecule has 1 heterocycles. The number of hydrogen-bond acceptors (Lipinski definition) is 3. The maximum absolute atomic E-state index is 11.9. The number of aromatic nitrogens is 2. The zero-order valence-corrected chi connectivity index (χ0v) is 10.9. The molecule has 0 aliphatic heterocycles. The van der Waals surface area contributed by atoms with Crippen LogP contribution in [0.5, 0.6) is 0 Å². The Morgan fingerprint density at radius 3 is 2.84 bits per heavy atom. The first-order valence-electron chi connectivity index (χ1n) is 6.30. The summed E-state index contributed by atoms with van der Waals surface area (Å²) in [6.45, 7) is 2.49. The van der Waals surface area contributed by atoms with Crippen molar-refractivity contribution in [3.63, 3.8) is 0 Å². The molecule has 0 aliphatic rings. The Morgan fingerprint density at radius 2 is 2.16 bits per heavy atom. The van der Waals surface area contributed by atoms with Gasteiger partial charge in [-0.3, -0.25) is 4.79 Å². The zero-order valence-electron chi connectivity index (χ0n) is 10.9. The van der Waals surface area contributed by atoms with Crippen LogP contribution in [-0.2, 0) is 0 Å². The smallest absolute Gasteiger partial charge is 0.254 e. The topological polar surface area (TPSA) is 72.9 Å². The molecule has 5 heteroatoms. The van der Waals surface area contributed by atoms with E-state index in [2.05, 4.69) is 10.4 Å². The minimum atomic E-state index is -0.122. The molecule has 1 aromatic carbocycles. The van der Waals surface area contributed by atoms with E-state index in [-0.39, 0.29) is 11.9 Å². The van der Waals surface area contributed by atoms with Gasteiger partial charge < -0.3 is 11.1 Å². The Hall–Kier alpha value is -2.14. The minimum Gasteiger partial charge on any atom is -0.352 e. The SMILES string of the molecule is CC(N)CCNC(=O)c1cnn(-c2ccccc2)c1. The lowest BCUT2D eigenvalue weighted by Gasteiger charge is -2.05. The fraction of sp³-hybridized carbons (Fsp3) is 0.286. The summed E-state index contributed by atoms with van der Waals surface area (Å²) in [6.07, 6.45) is 4.04. The second-order valence-corrected chi connectivity index (χ2v) is 4.53. The van der Waals surface area contributed by atoms with Crippen LogP contribution in [-0.4, -0.2) is 28.3 Å². The Kier molecular flexibility index (Phi) is 4.30. The van der Waals surface area contributed by atoms with Gasteiger partial charge in [0.15, 0.2) is 0 Å². The average molecular weight is 258 g/mol. The van der Waals surface area contributed by atoms with Gasteiger partial charge >= 0.3 is 0 Å². The van der Waals surface area contributed by atoms with Gasteiger partial charge in [0.2, 0.25) is 0 Å². The second-order valence-electron chi connectivity index (χ2n) is 4.53. The van der Waals surface area contributed by atoms with Crippen LogP contribution in [0.1, 0.15) is 23.7 Å². The summed E-state index contributed by atoms with van der Waals surface area (Å²) in [4.78, 5) is 11.9. The van der Waals surface area contributed by atoms with E-state index in [9.17, 15) is 4.79 Å². The highest BCUT2D eigenvalue weighted by molar-refractivity contribution is 5.93. The van der Waals surface area contributed by atoms with Gasteiger partial charge in [-0.25, -0.2) is 4.68 Å². The molecular weight excluding hydrogens is 240 g/mol. The molecule has 2 rings (SSSR count). The molecule has 5 nitrogen and oxygen atoms in total. The van der Waals surface area contributed by atoms with E-state index in [4.69, 9.17) is 5.73 Å². The van der Waals surface area contributed by atoms with Crippen molar-refractivity contribution in [3.8, 4) is 5.69 Å². The lowest BCUT2D eigenvalue weighted by molar-refractivity contribution is 0.0953. The van der Waals surface area contributed by atoms with Gasteiger partial charge in [-0.15, -0.1) is 0 Å². The number of rotatable bonds is 5. The van der Waals surface area contributed by atoms with E-state index in [0.717, 1.165) is 12.1 Å². The van der Waals surface area contributed by atoms with E-state index >= 15 is 0 Å². The zero-order chi connectivity index (χ0) is 13.7.